The zero-order chi connectivity index (χ0) is 24.2. The Morgan fingerprint density at radius 2 is 1.62 bits per heavy atom. The third-order valence-corrected chi connectivity index (χ3v) is 5.47. The standard InChI is InChI=1S/C27H22N2O5/c1-4-34-22-8-6-5-7-18(22)16-9-11-17(12-10-16)26-20(15-28)25(27(30)31)19-13-23(32-2)24(33-3)14-21(19)29-26/h5-14H,4H2,1-3H3,(H,30,31). The van der Waals surface area contributed by atoms with E-state index in [1.54, 1.807) is 6.07 Å². The van der Waals surface area contributed by atoms with E-state index < -0.39 is 5.97 Å². The number of para-hydroxylation sites is 1. The van der Waals surface area contributed by atoms with Crippen molar-refractivity contribution in [3.63, 3.8) is 0 Å². The highest BCUT2D eigenvalue weighted by molar-refractivity contribution is 6.07. The zero-order valence-corrected chi connectivity index (χ0v) is 19.0. The number of methoxy groups -OCH3 is 2. The molecule has 0 aliphatic rings. The summed E-state index contributed by atoms with van der Waals surface area (Å²) in [5.74, 6) is 0.318. The van der Waals surface area contributed by atoms with Crippen LogP contribution in [0.15, 0.2) is 60.7 Å². The summed E-state index contributed by atoms with van der Waals surface area (Å²) in [6.07, 6.45) is 0. The summed E-state index contributed by atoms with van der Waals surface area (Å²) >= 11 is 0. The Morgan fingerprint density at radius 1 is 0.971 bits per heavy atom. The number of nitrogens with zero attached hydrogens (tertiary/aromatic N) is 2. The van der Waals surface area contributed by atoms with Crippen LogP contribution in [0.1, 0.15) is 22.8 Å². The van der Waals surface area contributed by atoms with Crippen molar-refractivity contribution < 1.29 is 24.1 Å². The monoisotopic (exact) mass is 454 g/mol. The van der Waals surface area contributed by atoms with E-state index in [-0.39, 0.29) is 16.8 Å². The van der Waals surface area contributed by atoms with E-state index in [0.29, 0.717) is 34.6 Å². The maximum absolute atomic E-state index is 12.2. The Balaban J connectivity index is 1.91. The second-order valence-corrected chi connectivity index (χ2v) is 7.36. The number of ether oxygens (including phenoxy) is 3. The number of carboxylic acids is 1. The average Bonchev–Trinajstić information content (AvgIpc) is 2.87. The van der Waals surface area contributed by atoms with Crippen LogP contribution in [-0.4, -0.2) is 36.9 Å². The fourth-order valence-electron chi connectivity index (χ4n) is 3.92. The minimum Gasteiger partial charge on any atom is -0.493 e. The molecule has 34 heavy (non-hydrogen) atoms. The van der Waals surface area contributed by atoms with Gasteiger partial charge in [0, 0.05) is 22.6 Å². The minimum atomic E-state index is -1.22. The third-order valence-electron chi connectivity index (χ3n) is 5.47. The van der Waals surface area contributed by atoms with Gasteiger partial charge >= 0.3 is 5.97 Å². The molecular weight excluding hydrogens is 432 g/mol. The Labute approximate surface area is 196 Å². The maximum atomic E-state index is 12.2. The first-order valence-corrected chi connectivity index (χ1v) is 10.6. The van der Waals surface area contributed by atoms with Crippen molar-refractivity contribution in [3.8, 4) is 45.7 Å². The van der Waals surface area contributed by atoms with E-state index in [0.717, 1.165) is 16.9 Å². The molecule has 1 N–H and O–H groups in total. The molecule has 0 aliphatic heterocycles. The first kappa shape index (κ1) is 22.6. The highest BCUT2D eigenvalue weighted by Crippen LogP contribution is 2.37. The van der Waals surface area contributed by atoms with Crippen LogP contribution in [0.3, 0.4) is 0 Å². The molecule has 4 aromatic rings. The number of benzene rings is 3. The molecule has 1 heterocycles. The van der Waals surface area contributed by atoms with Gasteiger partial charge in [0.15, 0.2) is 11.5 Å². The fraction of sp³-hybridized carbons (Fsp3) is 0.148. The lowest BCUT2D eigenvalue weighted by Crippen LogP contribution is -2.06. The molecule has 0 unspecified atom stereocenters. The first-order valence-electron chi connectivity index (χ1n) is 10.6. The number of aromatic carboxylic acids is 1. The minimum absolute atomic E-state index is 0.0188. The summed E-state index contributed by atoms with van der Waals surface area (Å²) in [6.45, 7) is 2.48. The molecular formula is C27H22N2O5. The van der Waals surface area contributed by atoms with E-state index in [2.05, 4.69) is 4.98 Å². The van der Waals surface area contributed by atoms with Gasteiger partial charge in [-0.3, -0.25) is 0 Å². The van der Waals surface area contributed by atoms with Gasteiger partial charge in [-0.05, 0) is 24.6 Å². The summed E-state index contributed by atoms with van der Waals surface area (Å²) < 4.78 is 16.4. The normalized spacial score (nSPS) is 10.5. The largest absolute Gasteiger partial charge is 0.493 e. The smallest absolute Gasteiger partial charge is 0.337 e. The summed E-state index contributed by atoms with van der Waals surface area (Å²) in [5.41, 5.74) is 3.00. The van der Waals surface area contributed by atoms with Crippen molar-refractivity contribution in [2.24, 2.45) is 0 Å². The molecule has 0 spiro atoms. The predicted molar refractivity (Wildman–Crippen MR) is 129 cm³/mol. The van der Waals surface area contributed by atoms with Gasteiger partial charge in [-0.15, -0.1) is 0 Å². The molecule has 0 amide bonds. The van der Waals surface area contributed by atoms with Crippen molar-refractivity contribution in [2.45, 2.75) is 6.92 Å². The van der Waals surface area contributed by atoms with Crippen LogP contribution in [0, 0.1) is 11.3 Å². The molecule has 3 aromatic carbocycles. The van der Waals surface area contributed by atoms with Crippen LogP contribution in [0.25, 0.3) is 33.3 Å². The number of fused-ring (bicyclic) bond motifs is 1. The number of aromatic nitrogens is 1. The van der Waals surface area contributed by atoms with Gasteiger partial charge in [0.2, 0.25) is 0 Å². The number of carbonyl (C=O) groups is 1. The van der Waals surface area contributed by atoms with Gasteiger partial charge in [-0.2, -0.15) is 5.26 Å². The lowest BCUT2D eigenvalue weighted by Gasteiger charge is -2.14. The first-order chi connectivity index (χ1) is 16.5. The van der Waals surface area contributed by atoms with Crippen LogP contribution >= 0.6 is 0 Å². The number of hydrogen-bond donors (Lipinski definition) is 1. The van der Waals surface area contributed by atoms with Gasteiger partial charge in [-0.1, -0.05) is 42.5 Å². The molecule has 170 valence electrons. The highest BCUT2D eigenvalue weighted by Gasteiger charge is 2.23. The van der Waals surface area contributed by atoms with Gasteiger partial charge in [0.1, 0.15) is 11.8 Å². The zero-order valence-electron chi connectivity index (χ0n) is 19.0. The maximum Gasteiger partial charge on any atom is 0.337 e. The van der Waals surface area contributed by atoms with Crippen LogP contribution in [0.4, 0.5) is 0 Å². The molecule has 1 aromatic heterocycles. The van der Waals surface area contributed by atoms with E-state index in [9.17, 15) is 15.2 Å². The molecule has 0 radical (unpaired) electrons. The lowest BCUT2D eigenvalue weighted by atomic mass is 9.95. The van der Waals surface area contributed by atoms with E-state index >= 15 is 0 Å². The molecule has 0 saturated carbocycles. The van der Waals surface area contributed by atoms with Crippen molar-refractivity contribution in [3.05, 3.63) is 71.8 Å². The second kappa shape index (κ2) is 9.51. The summed E-state index contributed by atoms with van der Waals surface area (Å²) in [6, 6.07) is 20.3. The second-order valence-electron chi connectivity index (χ2n) is 7.36. The Hall–Kier alpha value is -4.57. The number of nitriles is 1. The van der Waals surface area contributed by atoms with Crippen LogP contribution in [0.2, 0.25) is 0 Å². The number of hydrogen-bond acceptors (Lipinski definition) is 6. The predicted octanol–water partition coefficient (Wildman–Crippen LogP) is 5.55. The number of rotatable bonds is 7. The van der Waals surface area contributed by atoms with Crippen LogP contribution in [0.5, 0.6) is 17.2 Å². The van der Waals surface area contributed by atoms with Crippen molar-refractivity contribution in [1.82, 2.24) is 4.98 Å². The van der Waals surface area contributed by atoms with Crippen molar-refractivity contribution in [2.75, 3.05) is 20.8 Å². The van der Waals surface area contributed by atoms with Gasteiger partial charge in [-0.25, -0.2) is 9.78 Å². The van der Waals surface area contributed by atoms with Crippen molar-refractivity contribution >= 4 is 16.9 Å². The van der Waals surface area contributed by atoms with E-state index in [1.165, 1.54) is 20.3 Å². The van der Waals surface area contributed by atoms with Gasteiger partial charge in [0.05, 0.1) is 43.2 Å². The molecule has 0 bridgehead atoms. The van der Waals surface area contributed by atoms with Gasteiger partial charge < -0.3 is 19.3 Å². The summed E-state index contributed by atoms with van der Waals surface area (Å²) in [5, 5.41) is 20.2. The molecule has 0 atom stereocenters. The topological polar surface area (TPSA) is 102 Å². The molecule has 4 rings (SSSR count). The van der Waals surface area contributed by atoms with Crippen LogP contribution in [-0.2, 0) is 0 Å². The number of carboxylic acid groups (broad SMARTS) is 1. The molecule has 0 fully saturated rings. The SMILES string of the molecule is CCOc1ccccc1-c1ccc(-c2nc3cc(OC)c(OC)cc3c(C(=O)O)c2C#N)cc1. The Morgan fingerprint density at radius 3 is 2.24 bits per heavy atom. The van der Waals surface area contributed by atoms with Crippen LogP contribution < -0.4 is 14.2 Å². The molecule has 7 nitrogen and oxygen atoms in total. The molecule has 0 saturated heterocycles. The Kier molecular flexibility index (Phi) is 6.33. The summed E-state index contributed by atoms with van der Waals surface area (Å²) in [7, 11) is 2.95. The lowest BCUT2D eigenvalue weighted by molar-refractivity contribution is 0.0698. The van der Waals surface area contributed by atoms with Crippen molar-refractivity contribution in [1.29, 1.82) is 5.26 Å². The Bertz CT molecular complexity index is 1420. The van der Waals surface area contributed by atoms with E-state index in [1.807, 2.05) is 61.5 Å². The number of pyridine rings is 1. The van der Waals surface area contributed by atoms with Gasteiger partial charge in [0.25, 0.3) is 0 Å². The summed E-state index contributed by atoms with van der Waals surface area (Å²) in [4.78, 5) is 16.9. The van der Waals surface area contributed by atoms with E-state index in [4.69, 9.17) is 14.2 Å². The molecule has 0 aliphatic carbocycles. The molecule has 7 heteroatoms. The third kappa shape index (κ3) is 3.97. The highest BCUT2D eigenvalue weighted by atomic mass is 16.5. The quantitative estimate of drug-likeness (QED) is 0.390. The average molecular weight is 454 g/mol. The fourth-order valence-corrected chi connectivity index (χ4v) is 3.92.